The van der Waals surface area contributed by atoms with Crippen molar-refractivity contribution < 1.29 is 0 Å². The van der Waals surface area contributed by atoms with Gasteiger partial charge in [0.05, 0.1) is 0 Å². The van der Waals surface area contributed by atoms with E-state index in [2.05, 4.69) is 52.7 Å². The molecule has 0 saturated carbocycles. The molecular formula is C10H21P. The van der Waals surface area contributed by atoms with Crippen molar-refractivity contribution in [2.24, 2.45) is 0 Å². The van der Waals surface area contributed by atoms with Crippen LogP contribution in [0.2, 0.25) is 0 Å². The molecule has 0 rings (SSSR count). The molecule has 0 aliphatic heterocycles. The molecule has 0 fully saturated rings. The van der Waals surface area contributed by atoms with Gasteiger partial charge in [0.2, 0.25) is 0 Å². The van der Waals surface area contributed by atoms with Crippen LogP contribution < -0.4 is 0 Å². The van der Waals surface area contributed by atoms with Gasteiger partial charge < -0.3 is 0 Å². The van der Waals surface area contributed by atoms with Crippen LogP contribution in [0.15, 0.2) is 23.0 Å². The van der Waals surface area contributed by atoms with Gasteiger partial charge in [-0.3, -0.25) is 0 Å². The van der Waals surface area contributed by atoms with Crippen LogP contribution in [-0.4, -0.2) is 20.0 Å². The van der Waals surface area contributed by atoms with Gasteiger partial charge in [-0.05, 0) is 0 Å². The Morgan fingerprint density at radius 2 is 1.45 bits per heavy atom. The minimum atomic E-state index is -0.994. The van der Waals surface area contributed by atoms with E-state index >= 15 is 0 Å². The van der Waals surface area contributed by atoms with E-state index in [4.69, 9.17) is 0 Å². The van der Waals surface area contributed by atoms with Gasteiger partial charge in [0.1, 0.15) is 0 Å². The molecule has 0 amide bonds. The Kier molecular flexibility index (Phi) is 4.03. The fourth-order valence-corrected chi connectivity index (χ4v) is 2.63. The van der Waals surface area contributed by atoms with Crippen LogP contribution in [0, 0.1) is 0 Å². The molecule has 0 nitrogen and oxygen atoms in total. The normalized spacial score (nSPS) is 14.5. The van der Waals surface area contributed by atoms with Crippen molar-refractivity contribution in [3.05, 3.63) is 23.0 Å². The summed E-state index contributed by atoms with van der Waals surface area (Å²) < 4.78 is 0. The maximum absolute atomic E-state index is 2.43. The Bertz CT molecular complexity index is 176. The predicted molar refractivity (Wildman–Crippen MR) is 59.3 cm³/mol. The molecule has 0 radical (unpaired) electrons. The molecule has 0 aromatic rings. The van der Waals surface area contributed by atoms with Gasteiger partial charge in [-0.1, -0.05) is 0 Å². The second-order valence-electron chi connectivity index (χ2n) is 4.48. The summed E-state index contributed by atoms with van der Waals surface area (Å²) in [5.74, 6) is 2.43. The molecule has 11 heavy (non-hydrogen) atoms. The van der Waals surface area contributed by atoms with E-state index in [1.807, 2.05) is 0 Å². The van der Waals surface area contributed by atoms with E-state index in [1.165, 1.54) is 11.1 Å². The third kappa shape index (κ3) is 7.81. The van der Waals surface area contributed by atoms with Crippen LogP contribution in [0.3, 0.4) is 0 Å². The third-order valence-electron chi connectivity index (χ3n) is 1.18. The van der Waals surface area contributed by atoms with E-state index < -0.39 is 7.26 Å². The second-order valence-corrected chi connectivity index (χ2v) is 9.50. The molecule has 0 aliphatic rings. The second kappa shape index (κ2) is 4.07. The maximum atomic E-state index is 2.43. The summed E-state index contributed by atoms with van der Waals surface area (Å²) in [6, 6.07) is 0. The molecule has 1 heteroatoms. The quantitative estimate of drug-likeness (QED) is 0.442. The molecule has 0 saturated heterocycles. The van der Waals surface area contributed by atoms with Crippen molar-refractivity contribution in [3.8, 4) is 0 Å². The van der Waals surface area contributed by atoms with Crippen molar-refractivity contribution in [1.29, 1.82) is 0 Å². The Morgan fingerprint density at radius 3 is 1.73 bits per heavy atom. The predicted octanol–water partition coefficient (Wildman–Crippen LogP) is 3.50. The van der Waals surface area contributed by atoms with Crippen LogP contribution in [0.1, 0.15) is 20.8 Å². The zero-order valence-corrected chi connectivity index (χ0v) is 9.65. The van der Waals surface area contributed by atoms with E-state index in [9.17, 15) is 0 Å². The van der Waals surface area contributed by atoms with Gasteiger partial charge in [0.25, 0.3) is 0 Å². The average molecular weight is 172 g/mol. The molecule has 0 spiro atoms. The first-order valence-electron chi connectivity index (χ1n) is 4.15. The molecule has 0 atom stereocenters. The monoisotopic (exact) mass is 172 g/mol. The zero-order valence-electron chi connectivity index (χ0n) is 8.65. The summed E-state index contributed by atoms with van der Waals surface area (Å²) >= 11 is 0. The molecule has 0 unspecified atom stereocenters. The molecule has 66 valence electrons. The average Bonchev–Trinajstić information content (AvgIpc) is 1.53. The van der Waals surface area contributed by atoms with Gasteiger partial charge in [0, 0.05) is 0 Å². The number of allylic oxidation sites excluding steroid dienone is 3. The number of hydrogen-bond donors (Lipinski definition) is 0. The van der Waals surface area contributed by atoms with Crippen molar-refractivity contribution >= 4 is 7.26 Å². The summed E-state index contributed by atoms with van der Waals surface area (Å²) in [6.45, 7) is 13.5. The standard InChI is InChI=1S/C10H21P/c1-9(2)7-10(3)8-11(4,5)6/h7-8,11H,1-6H3. The fraction of sp³-hybridized carbons (Fsp3) is 0.600. The Morgan fingerprint density at radius 1 is 1.00 bits per heavy atom. The summed E-state index contributed by atoms with van der Waals surface area (Å²) in [4.78, 5) is 0. The van der Waals surface area contributed by atoms with Crippen LogP contribution >= 0.6 is 7.26 Å². The minimum absolute atomic E-state index is 0.994. The van der Waals surface area contributed by atoms with E-state index in [0.717, 1.165) is 0 Å². The first-order chi connectivity index (χ1) is 4.81. The molecular weight excluding hydrogens is 151 g/mol. The molecule has 0 aromatic heterocycles. The Hall–Kier alpha value is -0.0900. The first-order valence-corrected chi connectivity index (χ1v) is 7.73. The topological polar surface area (TPSA) is 0 Å². The van der Waals surface area contributed by atoms with Crippen molar-refractivity contribution in [1.82, 2.24) is 0 Å². The molecule has 0 heterocycles. The third-order valence-corrected chi connectivity index (χ3v) is 2.50. The van der Waals surface area contributed by atoms with Gasteiger partial charge in [-0.25, -0.2) is 0 Å². The number of hydrogen-bond acceptors (Lipinski definition) is 0. The summed E-state index contributed by atoms with van der Waals surface area (Å²) in [7, 11) is -0.994. The van der Waals surface area contributed by atoms with Crippen molar-refractivity contribution in [2.45, 2.75) is 20.8 Å². The van der Waals surface area contributed by atoms with Crippen LogP contribution in [0.4, 0.5) is 0 Å². The van der Waals surface area contributed by atoms with E-state index in [0.29, 0.717) is 0 Å². The van der Waals surface area contributed by atoms with E-state index in [1.54, 1.807) is 0 Å². The zero-order chi connectivity index (χ0) is 9.07. The molecule has 0 aliphatic carbocycles. The summed E-state index contributed by atoms with van der Waals surface area (Å²) in [5, 5.41) is 0. The van der Waals surface area contributed by atoms with Gasteiger partial charge >= 0.3 is 71.1 Å². The SMILES string of the molecule is CC(C)=CC(C)=C[PH](C)(C)C. The Labute approximate surface area is 71.7 Å². The van der Waals surface area contributed by atoms with Crippen molar-refractivity contribution in [2.75, 3.05) is 20.0 Å². The Balaban J connectivity index is 4.36. The van der Waals surface area contributed by atoms with Crippen molar-refractivity contribution in [3.63, 3.8) is 0 Å². The first kappa shape index (κ1) is 10.9. The number of rotatable bonds is 2. The molecule has 0 bridgehead atoms. The van der Waals surface area contributed by atoms with Gasteiger partial charge in [-0.2, -0.15) is 0 Å². The van der Waals surface area contributed by atoms with Crippen LogP contribution in [0.25, 0.3) is 0 Å². The fourth-order valence-electron chi connectivity index (χ4n) is 1.18. The van der Waals surface area contributed by atoms with Gasteiger partial charge in [0.15, 0.2) is 0 Å². The van der Waals surface area contributed by atoms with Crippen LogP contribution in [-0.2, 0) is 0 Å². The van der Waals surface area contributed by atoms with E-state index in [-0.39, 0.29) is 0 Å². The van der Waals surface area contributed by atoms with Gasteiger partial charge in [-0.15, -0.1) is 0 Å². The van der Waals surface area contributed by atoms with Crippen LogP contribution in [0.5, 0.6) is 0 Å². The summed E-state index contributed by atoms with van der Waals surface area (Å²) in [6.07, 6.45) is 2.25. The molecule has 0 aromatic carbocycles. The summed E-state index contributed by atoms with van der Waals surface area (Å²) in [5.41, 5.74) is 2.81. The molecule has 0 N–H and O–H groups in total.